The largest absolute Gasteiger partial charge is 0.876 e. The summed E-state index contributed by atoms with van der Waals surface area (Å²) in [6.45, 7) is 5.94. The maximum absolute atomic E-state index is 13.0. The fraction of sp³-hybridized carbons (Fsp3) is 0.700. The number of carbonyl (C=O) groups is 1. The second-order valence-corrected chi connectivity index (χ2v) is 10.7. The van der Waals surface area contributed by atoms with Crippen LogP contribution in [0.1, 0.15) is 74.2 Å². The summed E-state index contributed by atoms with van der Waals surface area (Å²) in [6.07, 6.45) is 3.74. The summed E-state index contributed by atoms with van der Waals surface area (Å²) in [6, 6.07) is 3.12. The smallest absolute Gasteiger partial charge is 0.417 e. The number of halogens is 4. The number of aliphatic hydroxyl groups excluding tert-OH is 1. The van der Waals surface area contributed by atoms with Gasteiger partial charge in [0, 0.05) is 25.3 Å². The standard InChI is InChI=1S/C30H45ClF3NO6/c1-2-6-24(21-26(37)7-4-3-5-15-39-17-19-41-20-18-40-16-14-36)23-10-12-35(13-11-23)29(38)25-8-9-27(28(31)22-25)30(32,33)34/h8-9,21-24,36-37H,2-7,10-20H2,1H3/p-1/b26-21-. The fourth-order valence-corrected chi connectivity index (χ4v) is 5.28. The van der Waals surface area contributed by atoms with Gasteiger partial charge in [0.1, 0.15) is 0 Å². The molecule has 1 aromatic rings. The van der Waals surface area contributed by atoms with Crippen molar-refractivity contribution in [3.8, 4) is 0 Å². The predicted molar refractivity (Wildman–Crippen MR) is 150 cm³/mol. The third-order valence-corrected chi connectivity index (χ3v) is 7.48. The van der Waals surface area contributed by atoms with Crippen molar-refractivity contribution in [1.82, 2.24) is 4.90 Å². The van der Waals surface area contributed by atoms with E-state index < -0.39 is 16.8 Å². The van der Waals surface area contributed by atoms with E-state index in [1.165, 1.54) is 6.07 Å². The van der Waals surface area contributed by atoms with Gasteiger partial charge in [-0.3, -0.25) is 4.79 Å². The molecule has 1 heterocycles. The highest BCUT2D eigenvalue weighted by molar-refractivity contribution is 6.31. The molecule has 234 valence electrons. The van der Waals surface area contributed by atoms with Gasteiger partial charge >= 0.3 is 6.18 Å². The summed E-state index contributed by atoms with van der Waals surface area (Å²) >= 11 is 5.80. The van der Waals surface area contributed by atoms with Gasteiger partial charge in [0.15, 0.2) is 0 Å². The van der Waals surface area contributed by atoms with Crippen LogP contribution in [0.2, 0.25) is 5.02 Å². The van der Waals surface area contributed by atoms with E-state index in [-0.39, 0.29) is 35.7 Å². The van der Waals surface area contributed by atoms with E-state index in [2.05, 4.69) is 6.92 Å². The molecule has 1 N–H and O–H groups in total. The van der Waals surface area contributed by atoms with Crippen molar-refractivity contribution >= 4 is 17.5 Å². The number of hydrogen-bond donors (Lipinski definition) is 1. The highest BCUT2D eigenvalue weighted by Crippen LogP contribution is 2.36. The van der Waals surface area contributed by atoms with Crippen molar-refractivity contribution in [3.05, 3.63) is 46.2 Å². The average Bonchev–Trinajstić information content (AvgIpc) is 2.94. The van der Waals surface area contributed by atoms with Crippen LogP contribution in [0, 0.1) is 11.8 Å². The Morgan fingerprint density at radius 2 is 1.71 bits per heavy atom. The Hall–Kier alpha value is -1.85. The first-order chi connectivity index (χ1) is 19.7. The molecule has 1 unspecified atom stereocenters. The molecule has 1 aromatic carbocycles. The average molecular weight is 607 g/mol. The number of piperidine rings is 1. The number of benzene rings is 1. The number of ether oxygens (including phenoxy) is 3. The molecule has 1 aliphatic heterocycles. The lowest BCUT2D eigenvalue weighted by Gasteiger charge is -2.36. The lowest BCUT2D eigenvalue weighted by molar-refractivity contribution is -0.307. The van der Waals surface area contributed by atoms with E-state index in [0.29, 0.717) is 59.2 Å². The third-order valence-electron chi connectivity index (χ3n) is 7.17. The number of aliphatic hydroxyl groups is 1. The number of nitrogens with zero attached hydrogens (tertiary/aromatic N) is 1. The van der Waals surface area contributed by atoms with E-state index in [4.69, 9.17) is 30.9 Å². The van der Waals surface area contributed by atoms with Crippen molar-refractivity contribution in [2.24, 2.45) is 11.8 Å². The lowest BCUT2D eigenvalue weighted by atomic mass is 9.81. The summed E-state index contributed by atoms with van der Waals surface area (Å²) in [5, 5.41) is 20.8. The number of allylic oxidation sites excluding steroid dienone is 2. The summed E-state index contributed by atoms with van der Waals surface area (Å²) in [5.41, 5.74) is -0.808. The molecule has 0 bridgehead atoms. The third kappa shape index (κ3) is 13.3. The maximum Gasteiger partial charge on any atom is 0.417 e. The van der Waals surface area contributed by atoms with E-state index in [0.717, 1.165) is 57.1 Å². The Bertz CT molecular complexity index is 922. The van der Waals surface area contributed by atoms with Crippen molar-refractivity contribution in [2.45, 2.75) is 64.5 Å². The molecule has 0 aromatic heterocycles. The normalized spacial score (nSPS) is 15.9. The molecular weight excluding hydrogens is 563 g/mol. The number of unbranched alkanes of at least 4 members (excludes halogenated alkanes) is 2. The molecule has 1 fully saturated rings. The molecule has 0 spiro atoms. The zero-order valence-electron chi connectivity index (χ0n) is 23.9. The zero-order valence-corrected chi connectivity index (χ0v) is 24.7. The number of amides is 1. The Balaban J connectivity index is 1.69. The van der Waals surface area contributed by atoms with Gasteiger partial charge in [0.2, 0.25) is 0 Å². The molecule has 1 aliphatic rings. The SMILES string of the molecule is CCCC(/C=C(\[O-])CCCCCOCCOCCOCCO)C1CCN(C(=O)c2ccc(C(F)(F)F)c(Cl)c2)CC1. The fourth-order valence-electron chi connectivity index (χ4n) is 4.99. The van der Waals surface area contributed by atoms with Gasteiger partial charge in [0.05, 0.1) is 50.2 Å². The van der Waals surface area contributed by atoms with E-state index in [9.17, 15) is 23.1 Å². The molecule has 1 amide bonds. The second kappa shape index (κ2) is 19.4. The van der Waals surface area contributed by atoms with Crippen LogP contribution in [0.25, 0.3) is 0 Å². The number of likely N-dealkylation sites (tertiary alicyclic amines) is 1. The van der Waals surface area contributed by atoms with Crippen molar-refractivity contribution < 1.29 is 42.4 Å². The lowest BCUT2D eigenvalue weighted by Crippen LogP contribution is -2.40. The Labute approximate surface area is 246 Å². The van der Waals surface area contributed by atoms with Gasteiger partial charge in [-0.15, -0.1) is 5.76 Å². The summed E-state index contributed by atoms with van der Waals surface area (Å²) < 4.78 is 55.0. The molecule has 1 atom stereocenters. The van der Waals surface area contributed by atoms with Crippen LogP contribution in [0.5, 0.6) is 0 Å². The first kappa shape index (κ1) is 35.3. The number of alkyl halides is 3. The van der Waals surface area contributed by atoms with Crippen LogP contribution in [0.15, 0.2) is 30.0 Å². The minimum absolute atomic E-state index is 0.00456. The quantitative estimate of drug-likeness (QED) is 0.166. The zero-order chi connectivity index (χ0) is 30.1. The van der Waals surface area contributed by atoms with Crippen LogP contribution >= 0.6 is 11.6 Å². The first-order valence-electron chi connectivity index (χ1n) is 14.5. The summed E-state index contributed by atoms with van der Waals surface area (Å²) in [5.74, 6) is 0.268. The molecule has 0 radical (unpaired) electrons. The van der Waals surface area contributed by atoms with Crippen LogP contribution in [-0.2, 0) is 20.4 Å². The summed E-state index contributed by atoms with van der Waals surface area (Å²) in [7, 11) is 0. The van der Waals surface area contributed by atoms with Gasteiger partial charge in [0.25, 0.3) is 5.91 Å². The van der Waals surface area contributed by atoms with Crippen molar-refractivity contribution in [1.29, 1.82) is 0 Å². The Kier molecular flexibility index (Phi) is 16.7. The number of carbonyl (C=O) groups excluding carboxylic acids is 1. The van der Waals surface area contributed by atoms with Crippen molar-refractivity contribution in [3.63, 3.8) is 0 Å². The topological polar surface area (TPSA) is 91.3 Å². The monoisotopic (exact) mass is 606 g/mol. The molecule has 7 nitrogen and oxygen atoms in total. The molecule has 1 saturated heterocycles. The first-order valence-corrected chi connectivity index (χ1v) is 14.9. The minimum Gasteiger partial charge on any atom is -0.876 e. The van der Waals surface area contributed by atoms with Crippen molar-refractivity contribution in [2.75, 3.05) is 59.3 Å². The number of hydrogen-bond acceptors (Lipinski definition) is 6. The molecule has 0 saturated carbocycles. The van der Waals surface area contributed by atoms with Crippen LogP contribution < -0.4 is 5.11 Å². The molecule has 41 heavy (non-hydrogen) atoms. The van der Waals surface area contributed by atoms with E-state index >= 15 is 0 Å². The highest BCUT2D eigenvalue weighted by atomic mass is 35.5. The van der Waals surface area contributed by atoms with Crippen LogP contribution in [0.4, 0.5) is 13.2 Å². The maximum atomic E-state index is 13.0. The highest BCUT2D eigenvalue weighted by Gasteiger charge is 2.34. The van der Waals surface area contributed by atoms with Gasteiger partial charge < -0.3 is 29.3 Å². The Morgan fingerprint density at radius 1 is 1.07 bits per heavy atom. The van der Waals surface area contributed by atoms with E-state index in [1.54, 1.807) is 4.90 Å². The second-order valence-electron chi connectivity index (χ2n) is 10.3. The molecule has 0 aliphatic carbocycles. The van der Waals surface area contributed by atoms with Crippen LogP contribution in [0.3, 0.4) is 0 Å². The minimum atomic E-state index is -4.57. The summed E-state index contributed by atoms with van der Waals surface area (Å²) in [4.78, 5) is 14.5. The molecular formula is C30H44ClF3NO6-. The van der Waals surface area contributed by atoms with Gasteiger partial charge in [-0.2, -0.15) is 13.2 Å². The van der Waals surface area contributed by atoms with Gasteiger partial charge in [-0.05, 0) is 62.1 Å². The Morgan fingerprint density at radius 3 is 2.29 bits per heavy atom. The molecule has 11 heteroatoms. The molecule has 2 rings (SSSR count). The van der Waals surface area contributed by atoms with Gasteiger partial charge in [-0.25, -0.2) is 0 Å². The number of rotatable bonds is 19. The van der Waals surface area contributed by atoms with E-state index in [1.807, 2.05) is 6.08 Å². The predicted octanol–water partition coefficient (Wildman–Crippen LogP) is 5.47. The van der Waals surface area contributed by atoms with Gasteiger partial charge in [-0.1, -0.05) is 43.9 Å². The van der Waals surface area contributed by atoms with Crippen LogP contribution in [-0.4, -0.2) is 75.3 Å².